The molecule has 2 N–H and O–H groups in total. The first kappa shape index (κ1) is 19.9. The van der Waals surface area contributed by atoms with Gasteiger partial charge in [0.2, 0.25) is 0 Å². The molecule has 3 rings (SSSR count). The van der Waals surface area contributed by atoms with Crippen molar-refractivity contribution in [2.75, 3.05) is 6.54 Å². The Hall–Kier alpha value is -1.83. The van der Waals surface area contributed by atoms with Gasteiger partial charge in [-0.3, -0.25) is 0 Å². The third-order valence-electron chi connectivity index (χ3n) is 4.96. The smallest absolute Gasteiger partial charge is 0.419 e. The van der Waals surface area contributed by atoms with Gasteiger partial charge in [0.1, 0.15) is 11.4 Å². The van der Waals surface area contributed by atoms with E-state index in [9.17, 15) is 22.4 Å². The van der Waals surface area contributed by atoms with Crippen molar-refractivity contribution in [1.82, 2.24) is 10.6 Å². The molecule has 0 heterocycles. The molecular weight excluding hydrogens is 364 g/mol. The van der Waals surface area contributed by atoms with E-state index in [1.807, 2.05) is 0 Å². The van der Waals surface area contributed by atoms with Gasteiger partial charge in [0.05, 0.1) is 11.1 Å². The van der Waals surface area contributed by atoms with Crippen molar-refractivity contribution in [2.24, 2.45) is 0 Å². The SMILES string of the molecule is CC(C)(C)OC(=O)NC1(CNC2(c3ccc(F)c(C(F)(F)F)c3)CC2)CC1. The van der Waals surface area contributed by atoms with Crippen LogP contribution >= 0.6 is 0 Å². The predicted octanol–water partition coefficient (Wildman–Crippen LogP) is 4.48. The van der Waals surface area contributed by atoms with Crippen molar-refractivity contribution in [3.63, 3.8) is 0 Å². The third kappa shape index (κ3) is 4.72. The van der Waals surface area contributed by atoms with Crippen LogP contribution in [-0.2, 0) is 16.5 Å². The lowest BCUT2D eigenvalue weighted by atomic mass is 10.0. The van der Waals surface area contributed by atoms with E-state index >= 15 is 0 Å². The van der Waals surface area contributed by atoms with Gasteiger partial charge in [0.25, 0.3) is 0 Å². The molecule has 1 amide bonds. The average molecular weight is 388 g/mol. The average Bonchev–Trinajstić information content (AvgIpc) is 3.39. The van der Waals surface area contributed by atoms with Gasteiger partial charge in [-0.2, -0.15) is 13.2 Å². The molecule has 27 heavy (non-hydrogen) atoms. The number of carbonyl (C=O) groups excluding carboxylic acids is 1. The summed E-state index contributed by atoms with van der Waals surface area (Å²) in [5.41, 5.74) is -2.47. The lowest BCUT2D eigenvalue weighted by Gasteiger charge is -2.26. The molecular formula is C19H24F4N2O2. The Bertz CT molecular complexity index is 732. The number of halogens is 4. The van der Waals surface area contributed by atoms with Crippen LogP contribution in [0.4, 0.5) is 22.4 Å². The van der Waals surface area contributed by atoms with Crippen LogP contribution in [-0.4, -0.2) is 23.8 Å². The first-order chi connectivity index (χ1) is 12.3. The molecule has 0 aliphatic heterocycles. The van der Waals surface area contributed by atoms with Gasteiger partial charge in [0, 0.05) is 12.1 Å². The topological polar surface area (TPSA) is 50.4 Å². The molecule has 2 saturated carbocycles. The number of hydrogen-bond acceptors (Lipinski definition) is 3. The largest absolute Gasteiger partial charge is 0.444 e. The number of nitrogens with one attached hydrogen (secondary N) is 2. The van der Waals surface area contributed by atoms with Crippen LogP contribution in [0.1, 0.15) is 57.6 Å². The molecule has 0 atom stereocenters. The Morgan fingerprint density at radius 3 is 2.26 bits per heavy atom. The summed E-state index contributed by atoms with van der Waals surface area (Å²) in [6, 6.07) is 3.15. The highest BCUT2D eigenvalue weighted by Crippen LogP contribution is 2.48. The molecule has 2 aliphatic carbocycles. The van der Waals surface area contributed by atoms with Gasteiger partial charge in [0.15, 0.2) is 0 Å². The summed E-state index contributed by atoms with van der Waals surface area (Å²) in [6.07, 6.45) is -2.37. The highest BCUT2D eigenvalue weighted by atomic mass is 19.4. The van der Waals surface area contributed by atoms with E-state index in [2.05, 4.69) is 10.6 Å². The minimum atomic E-state index is -4.73. The van der Waals surface area contributed by atoms with Gasteiger partial charge in [-0.25, -0.2) is 9.18 Å². The Kier molecular flexibility index (Phi) is 4.69. The Morgan fingerprint density at radius 1 is 1.15 bits per heavy atom. The molecule has 2 aliphatic rings. The first-order valence-corrected chi connectivity index (χ1v) is 8.98. The monoisotopic (exact) mass is 388 g/mol. The molecule has 0 unspecified atom stereocenters. The van der Waals surface area contributed by atoms with E-state index in [-0.39, 0.29) is 0 Å². The Labute approximate surface area is 155 Å². The highest BCUT2D eigenvalue weighted by Gasteiger charge is 2.51. The minimum Gasteiger partial charge on any atom is -0.444 e. The van der Waals surface area contributed by atoms with Crippen LogP contribution in [0.2, 0.25) is 0 Å². The van der Waals surface area contributed by atoms with E-state index in [0.717, 1.165) is 25.0 Å². The Balaban J connectivity index is 1.66. The third-order valence-corrected chi connectivity index (χ3v) is 4.96. The summed E-state index contributed by atoms with van der Waals surface area (Å²) in [6.45, 7) is 5.74. The molecule has 1 aromatic rings. The second-order valence-electron chi connectivity index (χ2n) is 8.54. The van der Waals surface area contributed by atoms with E-state index in [4.69, 9.17) is 4.74 Å². The van der Waals surface area contributed by atoms with E-state index in [1.54, 1.807) is 20.8 Å². The summed E-state index contributed by atoms with van der Waals surface area (Å²) < 4.78 is 57.7. The number of ether oxygens (including phenoxy) is 1. The first-order valence-electron chi connectivity index (χ1n) is 8.98. The fourth-order valence-corrected chi connectivity index (χ4v) is 3.09. The molecule has 2 fully saturated rings. The number of hydrogen-bond donors (Lipinski definition) is 2. The van der Waals surface area contributed by atoms with E-state index in [0.29, 0.717) is 24.9 Å². The van der Waals surface area contributed by atoms with Crippen LogP contribution in [0.3, 0.4) is 0 Å². The summed E-state index contributed by atoms with van der Waals surface area (Å²) in [4.78, 5) is 12.0. The molecule has 0 radical (unpaired) electrons. The molecule has 4 nitrogen and oxygen atoms in total. The molecule has 0 saturated heterocycles. The van der Waals surface area contributed by atoms with Crippen molar-refractivity contribution in [3.8, 4) is 0 Å². The number of rotatable bonds is 5. The minimum absolute atomic E-state index is 0.421. The van der Waals surface area contributed by atoms with Crippen molar-refractivity contribution >= 4 is 6.09 Å². The fourth-order valence-electron chi connectivity index (χ4n) is 3.09. The number of alkyl carbamates (subject to hydrolysis) is 1. The van der Waals surface area contributed by atoms with Gasteiger partial charge < -0.3 is 15.4 Å². The van der Waals surface area contributed by atoms with Crippen LogP contribution in [0.25, 0.3) is 0 Å². The molecule has 150 valence electrons. The predicted molar refractivity (Wildman–Crippen MR) is 91.7 cm³/mol. The molecule has 0 aromatic heterocycles. The standard InChI is InChI=1S/C19H24F4N2O2/c1-16(2,3)27-15(26)25-17(6-7-17)11-24-18(8-9-18)12-4-5-14(20)13(10-12)19(21,22)23/h4-5,10,24H,6-9,11H2,1-3H3,(H,25,26). The van der Waals surface area contributed by atoms with Crippen molar-refractivity contribution in [3.05, 3.63) is 35.1 Å². The van der Waals surface area contributed by atoms with Crippen LogP contribution in [0, 0.1) is 5.82 Å². The molecule has 8 heteroatoms. The lowest BCUT2D eigenvalue weighted by Crippen LogP contribution is -2.48. The van der Waals surface area contributed by atoms with E-state index in [1.165, 1.54) is 6.07 Å². The maximum Gasteiger partial charge on any atom is 0.419 e. The molecule has 1 aromatic carbocycles. The van der Waals surface area contributed by atoms with E-state index < -0.39 is 40.3 Å². The van der Waals surface area contributed by atoms with Gasteiger partial charge >= 0.3 is 12.3 Å². The van der Waals surface area contributed by atoms with Gasteiger partial charge in [-0.05, 0) is 64.2 Å². The number of amides is 1. The van der Waals surface area contributed by atoms with Crippen molar-refractivity contribution in [1.29, 1.82) is 0 Å². The van der Waals surface area contributed by atoms with Crippen molar-refractivity contribution in [2.45, 2.75) is 69.3 Å². The summed E-state index contributed by atoms with van der Waals surface area (Å²) in [7, 11) is 0. The second-order valence-corrected chi connectivity index (χ2v) is 8.54. The number of alkyl halides is 3. The number of carbonyl (C=O) groups is 1. The maximum absolute atomic E-state index is 13.5. The summed E-state index contributed by atoms with van der Waals surface area (Å²) in [5.74, 6) is -1.27. The van der Waals surface area contributed by atoms with Crippen LogP contribution in [0.15, 0.2) is 18.2 Å². The summed E-state index contributed by atoms with van der Waals surface area (Å²) >= 11 is 0. The van der Waals surface area contributed by atoms with Gasteiger partial charge in [-0.1, -0.05) is 6.07 Å². The second kappa shape index (κ2) is 6.36. The normalized spacial score (nSPS) is 20.1. The zero-order valence-corrected chi connectivity index (χ0v) is 15.6. The zero-order valence-electron chi connectivity index (χ0n) is 15.6. The molecule has 0 spiro atoms. The van der Waals surface area contributed by atoms with Crippen LogP contribution < -0.4 is 10.6 Å². The van der Waals surface area contributed by atoms with Crippen LogP contribution in [0.5, 0.6) is 0 Å². The summed E-state index contributed by atoms with van der Waals surface area (Å²) in [5, 5.41) is 6.15. The quantitative estimate of drug-likeness (QED) is 0.732. The Morgan fingerprint density at radius 2 is 1.78 bits per heavy atom. The lowest BCUT2D eigenvalue weighted by molar-refractivity contribution is -0.140. The highest BCUT2D eigenvalue weighted by molar-refractivity contribution is 5.69. The zero-order chi connectivity index (χ0) is 20.1. The maximum atomic E-state index is 13.5. The molecule has 0 bridgehead atoms. The number of benzene rings is 1. The van der Waals surface area contributed by atoms with Crippen molar-refractivity contribution < 1.29 is 27.1 Å². The fraction of sp³-hybridized carbons (Fsp3) is 0.632. The van der Waals surface area contributed by atoms with Gasteiger partial charge in [-0.15, -0.1) is 0 Å².